The Morgan fingerprint density at radius 3 is 2.39 bits per heavy atom. The second kappa shape index (κ2) is 6.33. The average molecular weight is 255 g/mol. The van der Waals surface area contributed by atoms with Gasteiger partial charge in [-0.3, -0.25) is 9.80 Å². The van der Waals surface area contributed by atoms with Gasteiger partial charge in [-0.2, -0.15) is 0 Å². The molecule has 0 radical (unpaired) electrons. The summed E-state index contributed by atoms with van der Waals surface area (Å²) in [6.45, 7) is 11.8. The summed E-state index contributed by atoms with van der Waals surface area (Å²) in [6.07, 6.45) is 3.62. The molecular formula is C14H29N3O. The molecule has 2 rings (SSSR count). The zero-order valence-corrected chi connectivity index (χ0v) is 12.0. The summed E-state index contributed by atoms with van der Waals surface area (Å²) in [7, 11) is 0. The molecule has 4 nitrogen and oxygen atoms in total. The molecule has 0 aromatic rings. The quantitative estimate of drug-likeness (QED) is 0.793. The predicted molar refractivity (Wildman–Crippen MR) is 74.7 cm³/mol. The first-order valence-corrected chi connectivity index (χ1v) is 7.52. The zero-order valence-electron chi connectivity index (χ0n) is 12.0. The van der Waals surface area contributed by atoms with Gasteiger partial charge in [-0.1, -0.05) is 13.8 Å². The number of hydrogen-bond donors (Lipinski definition) is 1. The van der Waals surface area contributed by atoms with E-state index in [-0.39, 0.29) is 5.54 Å². The lowest BCUT2D eigenvalue weighted by Gasteiger charge is -2.41. The van der Waals surface area contributed by atoms with Crippen LogP contribution in [0.3, 0.4) is 0 Å². The van der Waals surface area contributed by atoms with Crippen LogP contribution in [0.5, 0.6) is 0 Å². The largest absolute Gasteiger partial charge is 0.379 e. The second-order valence-corrected chi connectivity index (χ2v) is 5.67. The number of likely N-dealkylation sites (tertiary alicyclic amines) is 1. The summed E-state index contributed by atoms with van der Waals surface area (Å²) in [5.74, 6) is 0. The Morgan fingerprint density at radius 2 is 1.83 bits per heavy atom. The smallest absolute Gasteiger partial charge is 0.0594 e. The molecule has 0 aliphatic carbocycles. The van der Waals surface area contributed by atoms with Crippen molar-refractivity contribution < 1.29 is 4.74 Å². The van der Waals surface area contributed by atoms with Gasteiger partial charge in [-0.15, -0.1) is 0 Å². The van der Waals surface area contributed by atoms with E-state index < -0.39 is 0 Å². The Kier molecular flexibility index (Phi) is 5.01. The van der Waals surface area contributed by atoms with E-state index in [9.17, 15) is 0 Å². The number of morpholine rings is 1. The average Bonchev–Trinajstić information content (AvgIpc) is 2.93. The molecule has 106 valence electrons. The number of ether oxygens (including phenoxy) is 1. The first-order valence-electron chi connectivity index (χ1n) is 7.52. The summed E-state index contributed by atoms with van der Waals surface area (Å²) in [5, 5.41) is 0. The van der Waals surface area contributed by atoms with E-state index >= 15 is 0 Å². The molecule has 2 N–H and O–H groups in total. The Morgan fingerprint density at radius 1 is 1.17 bits per heavy atom. The molecule has 2 aliphatic rings. The lowest BCUT2D eigenvalue weighted by molar-refractivity contribution is 0.0142. The predicted octanol–water partition coefficient (Wildman–Crippen LogP) is 0.910. The molecule has 1 unspecified atom stereocenters. The van der Waals surface area contributed by atoms with Crippen LogP contribution in [0.4, 0.5) is 0 Å². The minimum absolute atomic E-state index is 0.237. The number of nitrogens with two attached hydrogens (primary N) is 1. The van der Waals surface area contributed by atoms with Gasteiger partial charge in [0.25, 0.3) is 0 Å². The molecule has 0 spiro atoms. The van der Waals surface area contributed by atoms with Gasteiger partial charge in [0.05, 0.1) is 13.2 Å². The Labute approximate surface area is 111 Å². The first kappa shape index (κ1) is 14.3. The van der Waals surface area contributed by atoms with Crippen LogP contribution >= 0.6 is 0 Å². The highest BCUT2D eigenvalue weighted by Crippen LogP contribution is 2.29. The summed E-state index contributed by atoms with van der Waals surface area (Å²) in [5.41, 5.74) is 6.29. The molecule has 0 amide bonds. The summed E-state index contributed by atoms with van der Waals surface area (Å²) >= 11 is 0. The maximum atomic E-state index is 6.06. The van der Waals surface area contributed by atoms with Crippen LogP contribution in [0, 0.1) is 0 Å². The second-order valence-electron chi connectivity index (χ2n) is 5.67. The van der Waals surface area contributed by atoms with Crippen LogP contribution in [0.2, 0.25) is 0 Å². The highest BCUT2D eigenvalue weighted by Gasteiger charge is 2.38. The minimum atomic E-state index is 0.237. The third-order valence-electron chi connectivity index (χ3n) is 5.09. The van der Waals surface area contributed by atoms with Gasteiger partial charge in [-0.25, -0.2) is 0 Å². The molecule has 2 heterocycles. The van der Waals surface area contributed by atoms with Crippen molar-refractivity contribution in [2.24, 2.45) is 5.73 Å². The highest BCUT2D eigenvalue weighted by molar-refractivity contribution is 4.96. The number of nitrogens with zero attached hydrogens (tertiary/aromatic N) is 2. The van der Waals surface area contributed by atoms with Gasteiger partial charge < -0.3 is 10.5 Å². The Balaban J connectivity index is 1.94. The van der Waals surface area contributed by atoms with E-state index in [1.54, 1.807) is 0 Å². The molecule has 0 aromatic heterocycles. The monoisotopic (exact) mass is 255 g/mol. The fourth-order valence-electron chi connectivity index (χ4n) is 3.53. The summed E-state index contributed by atoms with van der Waals surface area (Å²) < 4.78 is 5.44. The standard InChI is InChI=1S/C14H29N3O/c1-3-14(4-2,12-15)17-6-5-13(11-17)16-7-9-18-10-8-16/h13H,3-12,15H2,1-2H3. The van der Waals surface area contributed by atoms with Gasteiger partial charge in [-0.05, 0) is 19.3 Å². The molecule has 1 atom stereocenters. The topological polar surface area (TPSA) is 41.7 Å². The fourth-order valence-corrected chi connectivity index (χ4v) is 3.53. The molecule has 2 saturated heterocycles. The first-order chi connectivity index (χ1) is 8.75. The van der Waals surface area contributed by atoms with Crippen LogP contribution < -0.4 is 5.73 Å². The van der Waals surface area contributed by atoms with E-state index in [0.29, 0.717) is 0 Å². The van der Waals surface area contributed by atoms with E-state index in [1.165, 1.54) is 19.5 Å². The Hall–Kier alpha value is -0.160. The van der Waals surface area contributed by atoms with Gasteiger partial charge in [0.2, 0.25) is 0 Å². The van der Waals surface area contributed by atoms with Crippen LogP contribution in [-0.2, 0) is 4.74 Å². The van der Waals surface area contributed by atoms with Gasteiger partial charge in [0, 0.05) is 44.3 Å². The van der Waals surface area contributed by atoms with Crippen molar-refractivity contribution in [3.63, 3.8) is 0 Å². The third kappa shape index (κ3) is 2.72. The zero-order chi connectivity index (χ0) is 13.0. The normalized spacial score (nSPS) is 27.8. The molecule has 0 bridgehead atoms. The lowest BCUT2D eigenvalue weighted by atomic mass is 9.91. The maximum absolute atomic E-state index is 6.06. The van der Waals surface area contributed by atoms with Crippen molar-refractivity contribution in [2.75, 3.05) is 45.9 Å². The lowest BCUT2D eigenvalue weighted by Crippen LogP contribution is -2.53. The van der Waals surface area contributed by atoms with Crippen LogP contribution in [0.25, 0.3) is 0 Å². The highest BCUT2D eigenvalue weighted by atomic mass is 16.5. The van der Waals surface area contributed by atoms with Crippen molar-refractivity contribution >= 4 is 0 Å². The van der Waals surface area contributed by atoms with E-state index in [0.717, 1.165) is 51.7 Å². The SMILES string of the molecule is CCC(CC)(CN)N1CCC(N2CCOCC2)C1. The molecular weight excluding hydrogens is 226 g/mol. The molecule has 0 saturated carbocycles. The van der Waals surface area contributed by atoms with Gasteiger partial charge in [0.15, 0.2) is 0 Å². The number of hydrogen-bond acceptors (Lipinski definition) is 4. The van der Waals surface area contributed by atoms with Crippen molar-refractivity contribution in [2.45, 2.75) is 44.7 Å². The fraction of sp³-hybridized carbons (Fsp3) is 1.00. The van der Waals surface area contributed by atoms with Crippen LogP contribution in [0.15, 0.2) is 0 Å². The van der Waals surface area contributed by atoms with E-state index in [1.807, 2.05) is 0 Å². The summed E-state index contributed by atoms with van der Waals surface area (Å²) in [4.78, 5) is 5.25. The molecule has 4 heteroatoms. The van der Waals surface area contributed by atoms with Gasteiger partial charge in [0.1, 0.15) is 0 Å². The van der Waals surface area contributed by atoms with E-state index in [2.05, 4.69) is 23.6 Å². The summed E-state index contributed by atoms with van der Waals surface area (Å²) in [6, 6.07) is 0.720. The molecule has 0 aromatic carbocycles. The van der Waals surface area contributed by atoms with Crippen molar-refractivity contribution in [1.29, 1.82) is 0 Å². The minimum Gasteiger partial charge on any atom is -0.379 e. The molecule has 18 heavy (non-hydrogen) atoms. The van der Waals surface area contributed by atoms with Gasteiger partial charge >= 0.3 is 0 Å². The molecule has 2 aliphatic heterocycles. The maximum Gasteiger partial charge on any atom is 0.0594 e. The Bertz CT molecular complexity index is 241. The third-order valence-corrected chi connectivity index (χ3v) is 5.09. The number of rotatable bonds is 5. The van der Waals surface area contributed by atoms with Crippen LogP contribution in [-0.4, -0.2) is 67.3 Å². The van der Waals surface area contributed by atoms with Crippen molar-refractivity contribution in [1.82, 2.24) is 9.80 Å². The van der Waals surface area contributed by atoms with E-state index in [4.69, 9.17) is 10.5 Å². The van der Waals surface area contributed by atoms with Crippen LogP contribution in [0.1, 0.15) is 33.1 Å². The van der Waals surface area contributed by atoms with Crippen molar-refractivity contribution in [3.05, 3.63) is 0 Å². The van der Waals surface area contributed by atoms with Crippen molar-refractivity contribution in [3.8, 4) is 0 Å². The molecule has 2 fully saturated rings.